The number of nitro groups is 1. The van der Waals surface area contributed by atoms with E-state index in [9.17, 15) is 10.1 Å². The van der Waals surface area contributed by atoms with Gasteiger partial charge in [-0.05, 0) is 29.8 Å². The van der Waals surface area contributed by atoms with Crippen molar-refractivity contribution in [3.05, 3.63) is 94.2 Å². The molecule has 0 aliphatic heterocycles. The largest absolute Gasteiger partial charge is 0.457 e. The zero-order chi connectivity index (χ0) is 17.9. The standard InChI is InChI=1S/C20H15N3O3/c24-23(25)18-12-13-26-19(18)10-11-20-21-16-8-4-5-9-17(16)22(20)14-15-6-2-1-3-7-15/h1-13H,14H2/b11-10+. The number of aromatic nitrogens is 2. The summed E-state index contributed by atoms with van der Waals surface area (Å²) in [7, 11) is 0. The smallest absolute Gasteiger partial charge is 0.314 e. The van der Waals surface area contributed by atoms with Crippen molar-refractivity contribution < 1.29 is 9.34 Å². The summed E-state index contributed by atoms with van der Waals surface area (Å²) in [5, 5.41) is 11.0. The minimum absolute atomic E-state index is 0.0630. The van der Waals surface area contributed by atoms with Gasteiger partial charge in [0.1, 0.15) is 5.82 Å². The van der Waals surface area contributed by atoms with Gasteiger partial charge in [-0.2, -0.15) is 0 Å². The molecule has 128 valence electrons. The first-order valence-corrected chi connectivity index (χ1v) is 8.11. The van der Waals surface area contributed by atoms with Crippen LogP contribution in [-0.4, -0.2) is 14.5 Å². The molecule has 6 heteroatoms. The quantitative estimate of drug-likeness (QED) is 0.386. The lowest BCUT2D eigenvalue weighted by Crippen LogP contribution is -2.01. The van der Waals surface area contributed by atoms with Crippen LogP contribution in [0.3, 0.4) is 0 Å². The molecule has 0 amide bonds. The first-order chi connectivity index (χ1) is 12.7. The van der Waals surface area contributed by atoms with Crippen LogP contribution in [0.5, 0.6) is 0 Å². The molecule has 2 aromatic carbocycles. The molecule has 0 bridgehead atoms. The van der Waals surface area contributed by atoms with Crippen molar-refractivity contribution >= 4 is 28.9 Å². The van der Waals surface area contributed by atoms with Crippen LogP contribution in [0.25, 0.3) is 23.2 Å². The molecular weight excluding hydrogens is 330 g/mol. The van der Waals surface area contributed by atoms with Crippen molar-refractivity contribution in [2.45, 2.75) is 6.54 Å². The summed E-state index contributed by atoms with van der Waals surface area (Å²) in [6.45, 7) is 0.654. The first kappa shape index (κ1) is 15.8. The van der Waals surface area contributed by atoms with Gasteiger partial charge in [-0.3, -0.25) is 10.1 Å². The van der Waals surface area contributed by atoms with Crippen molar-refractivity contribution in [3.63, 3.8) is 0 Å². The highest BCUT2D eigenvalue weighted by Crippen LogP contribution is 2.23. The van der Waals surface area contributed by atoms with Crippen LogP contribution in [0.15, 0.2) is 71.3 Å². The average molecular weight is 345 g/mol. The number of nitrogens with zero attached hydrogens (tertiary/aromatic N) is 3. The molecule has 26 heavy (non-hydrogen) atoms. The van der Waals surface area contributed by atoms with E-state index in [0.29, 0.717) is 12.4 Å². The van der Waals surface area contributed by atoms with Gasteiger partial charge < -0.3 is 8.98 Å². The molecule has 4 aromatic rings. The minimum Gasteiger partial charge on any atom is -0.457 e. The molecule has 0 N–H and O–H groups in total. The summed E-state index contributed by atoms with van der Waals surface area (Å²) in [5.41, 5.74) is 2.96. The number of hydrogen-bond donors (Lipinski definition) is 0. The predicted octanol–water partition coefficient (Wildman–Crippen LogP) is 4.76. The second kappa shape index (κ2) is 6.68. The van der Waals surface area contributed by atoms with Gasteiger partial charge in [0.15, 0.2) is 0 Å². The molecule has 0 spiro atoms. The Morgan fingerprint density at radius 1 is 1.04 bits per heavy atom. The zero-order valence-electron chi connectivity index (χ0n) is 13.8. The molecule has 2 heterocycles. The molecule has 0 saturated carbocycles. The van der Waals surface area contributed by atoms with Crippen molar-refractivity contribution in [1.29, 1.82) is 0 Å². The molecule has 6 nitrogen and oxygen atoms in total. The fraction of sp³-hybridized carbons (Fsp3) is 0.0500. The number of fused-ring (bicyclic) bond motifs is 1. The van der Waals surface area contributed by atoms with Crippen molar-refractivity contribution in [2.24, 2.45) is 0 Å². The monoisotopic (exact) mass is 345 g/mol. The van der Waals surface area contributed by atoms with Crippen LogP contribution in [0.1, 0.15) is 17.1 Å². The van der Waals surface area contributed by atoms with Crippen molar-refractivity contribution in [3.8, 4) is 0 Å². The second-order valence-corrected chi connectivity index (χ2v) is 5.79. The molecule has 0 radical (unpaired) electrons. The normalized spacial score (nSPS) is 11.4. The van der Waals surface area contributed by atoms with E-state index in [1.165, 1.54) is 12.3 Å². The van der Waals surface area contributed by atoms with Crippen LogP contribution in [0.2, 0.25) is 0 Å². The summed E-state index contributed by atoms with van der Waals surface area (Å²) in [5.74, 6) is 0.911. The lowest BCUT2D eigenvalue weighted by atomic mass is 10.2. The van der Waals surface area contributed by atoms with Crippen LogP contribution in [-0.2, 0) is 6.54 Å². The van der Waals surface area contributed by atoms with E-state index in [1.807, 2.05) is 42.5 Å². The Labute approximate surface area is 149 Å². The Morgan fingerprint density at radius 3 is 2.62 bits per heavy atom. The highest BCUT2D eigenvalue weighted by molar-refractivity contribution is 5.80. The second-order valence-electron chi connectivity index (χ2n) is 5.79. The molecule has 0 atom stereocenters. The minimum atomic E-state index is -0.462. The summed E-state index contributed by atoms with van der Waals surface area (Å²) in [6, 6.07) is 19.3. The van der Waals surface area contributed by atoms with E-state index in [-0.39, 0.29) is 11.4 Å². The van der Waals surface area contributed by atoms with Crippen molar-refractivity contribution in [1.82, 2.24) is 9.55 Å². The maximum Gasteiger partial charge on any atom is 0.314 e. The highest BCUT2D eigenvalue weighted by atomic mass is 16.6. The highest BCUT2D eigenvalue weighted by Gasteiger charge is 2.15. The van der Waals surface area contributed by atoms with Gasteiger partial charge in [0.2, 0.25) is 5.76 Å². The van der Waals surface area contributed by atoms with Crippen LogP contribution in [0, 0.1) is 10.1 Å². The summed E-state index contributed by atoms with van der Waals surface area (Å²) in [4.78, 5) is 15.2. The molecule has 0 aliphatic rings. The van der Waals surface area contributed by atoms with Gasteiger partial charge in [0, 0.05) is 6.54 Å². The Hall–Kier alpha value is -3.67. The summed E-state index contributed by atoms with van der Waals surface area (Å²) < 4.78 is 7.29. The van der Waals surface area contributed by atoms with Gasteiger partial charge >= 0.3 is 5.69 Å². The van der Waals surface area contributed by atoms with Gasteiger partial charge in [-0.1, -0.05) is 42.5 Å². The Bertz CT molecular complexity index is 1090. The Balaban J connectivity index is 1.77. The molecule has 0 fully saturated rings. The van der Waals surface area contributed by atoms with E-state index in [1.54, 1.807) is 12.2 Å². The van der Waals surface area contributed by atoms with E-state index >= 15 is 0 Å². The topological polar surface area (TPSA) is 74.1 Å². The van der Waals surface area contributed by atoms with E-state index in [2.05, 4.69) is 21.7 Å². The Kier molecular flexibility index (Phi) is 4.07. The fourth-order valence-corrected chi connectivity index (χ4v) is 2.89. The van der Waals surface area contributed by atoms with Crippen LogP contribution in [0.4, 0.5) is 5.69 Å². The average Bonchev–Trinajstić information content (AvgIpc) is 3.26. The van der Waals surface area contributed by atoms with Gasteiger partial charge in [0.05, 0.1) is 28.3 Å². The third-order valence-corrected chi connectivity index (χ3v) is 4.12. The molecule has 0 aliphatic carbocycles. The number of para-hydroxylation sites is 2. The number of rotatable bonds is 5. The van der Waals surface area contributed by atoms with E-state index in [4.69, 9.17) is 4.42 Å². The number of furan rings is 1. The number of imidazole rings is 1. The molecule has 0 saturated heterocycles. The van der Waals surface area contributed by atoms with Gasteiger partial charge in [0.25, 0.3) is 0 Å². The lowest BCUT2D eigenvalue weighted by molar-refractivity contribution is -0.385. The van der Waals surface area contributed by atoms with Crippen LogP contribution >= 0.6 is 0 Å². The zero-order valence-corrected chi connectivity index (χ0v) is 13.8. The van der Waals surface area contributed by atoms with Crippen molar-refractivity contribution in [2.75, 3.05) is 0 Å². The molecular formula is C20H15N3O3. The third kappa shape index (κ3) is 3.00. The summed E-state index contributed by atoms with van der Waals surface area (Å²) in [6.07, 6.45) is 4.64. The maximum atomic E-state index is 11.0. The fourth-order valence-electron chi connectivity index (χ4n) is 2.89. The Morgan fingerprint density at radius 2 is 1.81 bits per heavy atom. The SMILES string of the molecule is O=[N+]([O-])c1ccoc1/C=C/c1nc2ccccc2n1Cc1ccccc1. The first-order valence-electron chi connectivity index (χ1n) is 8.11. The molecule has 0 unspecified atom stereocenters. The number of hydrogen-bond acceptors (Lipinski definition) is 4. The number of benzene rings is 2. The van der Waals surface area contributed by atoms with E-state index < -0.39 is 4.92 Å². The van der Waals surface area contributed by atoms with Gasteiger partial charge in [-0.15, -0.1) is 0 Å². The third-order valence-electron chi connectivity index (χ3n) is 4.12. The predicted molar refractivity (Wildman–Crippen MR) is 99.6 cm³/mol. The lowest BCUT2D eigenvalue weighted by Gasteiger charge is -2.07. The summed E-state index contributed by atoms with van der Waals surface area (Å²) >= 11 is 0. The maximum absolute atomic E-state index is 11.0. The van der Waals surface area contributed by atoms with Crippen LogP contribution < -0.4 is 0 Å². The molecule has 4 rings (SSSR count). The van der Waals surface area contributed by atoms with Gasteiger partial charge in [-0.25, -0.2) is 4.98 Å². The van der Waals surface area contributed by atoms with E-state index in [0.717, 1.165) is 16.6 Å². The molecule has 2 aromatic heterocycles.